The Morgan fingerprint density at radius 2 is 2.21 bits per heavy atom. The van der Waals surface area contributed by atoms with Gasteiger partial charge in [-0.05, 0) is 25.8 Å². The molecule has 1 fully saturated rings. The second-order valence-electron chi connectivity index (χ2n) is 3.94. The molecule has 80 valence electrons. The van der Waals surface area contributed by atoms with Gasteiger partial charge in [-0.3, -0.25) is 4.90 Å². The summed E-state index contributed by atoms with van der Waals surface area (Å²) in [6.07, 6.45) is 9.18. The van der Waals surface area contributed by atoms with E-state index >= 15 is 0 Å². The van der Waals surface area contributed by atoms with E-state index in [2.05, 4.69) is 30.0 Å². The van der Waals surface area contributed by atoms with Crippen LogP contribution >= 0.6 is 0 Å². The number of nitrogens with one attached hydrogen (secondary N) is 1. The molecule has 0 aromatic carbocycles. The molecule has 0 aromatic heterocycles. The Labute approximate surface area is 88.1 Å². The first-order valence-corrected chi connectivity index (χ1v) is 5.75. The molecule has 14 heavy (non-hydrogen) atoms. The zero-order valence-electron chi connectivity index (χ0n) is 9.42. The van der Waals surface area contributed by atoms with Crippen molar-refractivity contribution in [3.63, 3.8) is 0 Å². The molecule has 1 aliphatic carbocycles. The molecule has 2 heteroatoms. The molecule has 1 rings (SSSR count). The summed E-state index contributed by atoms with van der Waals surface area (Å²) in [5.41, 5.74) is 0. The second kappa shape index (κ2) is 6.06. The molecule has 0 aliphatic heterocycles. The molecular formula is C12H22N2. The van der Waals surface area contributed by atoms with E-state index < -0.39 is 0 Å². The van der Waals surface area contributed by atoms with E-state index in [1.165, 1.54) is 19.4 Å². The third kappa shape index (κ3) is 3.69. The van der Waals surface area contributed by atoms with Crippen molar-refractivity contribution in [2.75, 3.05) is 19.6 Å². The molecule has 1 N–H and O–H groups in total. The second-order valence-corrected chi connectivity index (χ2v) is 3.94. The molecule has 0 aromatic rings. The fourth-order valence-electron chi connectivity index (χ4n) is 1.74. The van der Waals surface area contributed by atoms with Crippen LogP contribution in [0.2, 0.25) is 0 Å². The van der Waals surface area contributed by atoms with Gasteiger partial charge in [0.15, 0.2) is 0 Å². The van der Waals surface area contributed by atoms with Gasteiger partial charge in [0.2, 0.25) is 0 Å². The molecule has 0 radical (unpaired) electrons. The molecule has 1 saturated carbocycles. The van der Waals surface area contributed by atoms with Gasteiger partial charge in [-0.1, -0.05) is 19.8 Å². The van der Waals surface area contributed by atoms with Gasteiger partial charge in [0, 0.05) is 19.1 Å². The summed E-state index contributed by atoms with van der Waals surface area (Å²) < 4.78 is 0. The van der Waals surface area contributed by atoms with Crippen LogP contribution in [0.15, 0.2) is 0 Å². The summed E-state index contributed by atoms with van der Waals surface area (Å²) in [4.78, 5) is 2.54. The van der Waals surface area contributed by atoms with E-state index in [9.17, 15) is 0 Å². The first kappa shape index (κ1) is 11.6. The zero-order chi connectivity index (χ0) is 10.4. The van der Waals surface area contributed by atoms with Gasteiger partial charge in [-0.25, -0.2) is 0 Å². The Bertz CT molecular complexity index is 191. The van der Waals surface area contributed by atoms with E-state index in [1.54, 1.807) is 0 Å². The van der Waals surface area contributed by atoms with Crippen LogP contribution in [0.3, 0.4) is 0 Å². The number of rotatable bonds is 7. The minimum Gasteiger partial charge on any atom is -0.302 e. The van der Waals surface area contributed by atoms with Gasteiger partial charge in [0.05, 0.1) is 6.04 Å². The Hall–Kier alpha value is -0.520. The van der Waals surface area contributed by atoms with Crippen molar-refractivity contribution < 1.29 is 0 Å². The minimum atomic E-state index is 0.257. The van der Waals surface area contributed by atoms with Crippen molar-refractivity contribution in [2.45, 2.75) is 45.2 Å². The van der Waals surface area contributed by atoms with Crippen LogP contribution in [0.1, 0.15) is 33.1 Å². The van der Waals surface area contributed by atoms with Crippen LogP contribution in [0.5, 0.6) is 0 Å². The van der Waals surface area contributed by atoms with Gasteiger partial charge >= 0.3 is 0 Å². The maximum Gasteiger partial charge on any atom is 0.0684 e. The summed E-state index contributed by atoms with van der Waals surface area (Å²) in [7, 11) is 0. The molecule has 1 unspecified atom stereocenters. The van der Waals surface area contributed by atoms with Crippen molar-refractivity contribution in [1.29, 1.82) is 0 Å². The normalized spacial score (nSPS) is 18.1. The summed E-state index contributed by atoms with van der Waals surface area (Å²) in [6, 6.07) is 1.13. The summed E-state index contributed by atoms with van der Waals surface area (Å²) in [5.74, 6) is 2.76. The predicted octanol–water partition coefficient (Wildman–Crippen LogP) is 1.47. The van der Waals surface area contributed by atoms with Crippen molar-refractivity contribution in [1.82, 2.24) is 10.2 Å². The van der Waals surface area contributed by atoms with E-state index in [-0.39, 0.29) is 6.04 Å². The summed E-state index contributed by atoms with van der Waals surface area (Å²) in [6.45, 7) is 7.68. The van der Waals surface area contributed by atoms with E-state index in [0.29, 0.717) is 0 Å². The van der Waals surface area contributed by atoms with Crippen LogP contribution in [0.4, 0.5) is 0 Å². The molecule has 0 bridgehead atoms. The maximum absolute atomic E-state index is 5.38. The third-order valence-corrected chi connectivity index (χ3v) is 2.87. The molecule has 2 nitrogen and oxygen atoms in total. The first-order chi connectivity index (χ1) is 6.81. The fourth-order valence-corrected chi connectivity index (χ4v) is 1.74. The first-order valence-electron chi connectivity index (χ1n) is 5.75. The van der Waals surface area contributed by atoms with Gasteiger partial charge in [0.1, 0.15) is 0 Å². The Kier molecular flexibility index (Phi) is 5.00. The van der Waals surface area contributed by atoms with Crippen LogP contribution in [-0.4, -0.2) is 36.6 Å². The smallest absolute Gasteiger partial charge is 0.0684 e. The topological polar surface area (TPSA) is 15.3 Å². The highest BCUT2D eigenvalue weighted by molar-refractivity contribution is 4.98. The Morgan fingerprint density at radius 1 is 1.50 bits per heavy atom. The number of hydrogen-bond acceptors (Lipinski definition) is 2. The average Bonchev–Trinajstić information content (AvgIpc) is 3.02. The standard InChI is InChI=1S/C12H22N2/c1-4-11(5-2)13-9-10-14(6-3)12-7-8-12/h1,11-13H,5-10H2,2-3H3. The van der Waals surface area contributed by atoms with E-state index in [1.807, 2.05) is 0 Å². The predicted molar refractivity (Wildman–Crippen MR) is 61.2 cm³/mol. The van der Waals surface area contributed by atoms with Crippen molar-refractivity contribution in [3.05, 3.63) is 0 Å². The van der Waals surface area contributed by atoms with Crippen molar-refractivity contribution >= 4 is 0 Å². The Balaban J connectivity index is 2.09. The van der Waals surface area contributed by atoms with Crippen LogP contribution in [-0.2, 0) is 0 Å². The number of terminal acetylenes is 1. The molecule has 0 heterocycles. The lowest BCUT2D eigenvalue weighted by molar-refractivity contribution is 0.275. The largest absolute Gasteiger partial charge is 0.302 e. The average molecular weight is 194 g/mol. The van der Waals surface area contributed by atoms with Crippen LogP contribution in [0, 0.1) is 12.3 Å². The van der Waals surface area contributed by atoms with Gasteiger partial charge in [-0.2, -0.15) is 0 Å². The van der Waals surface area contributed by atoms with Crippen LogP contribution < -0.4 is 5.32 Å². The van der Waals surface area contributed by atoms with Gasteiger partial charge < -0.3 is 5.32 Å². The highest BCUT2D eigenvalue weighted by Crippen LogP contribution is 2.25. The molecule has 1 atom stereocenters. The van der Waals surface area contributed by atoms with Crippen molar-refractivity contribution in [3.8, 4) is 12.3 Å². The van der Waals surface area contributed by atoms with Gasteiger partial charge in [-0.15, -0.1) is 6.42 Å². The molecule has 1 aliphatic rings. The minimum absolute atomic E-state index is 0.257. The number of nitrogens with zero attached hydrogens (tertiary/aromatic N) is 1. The number of likely N-dealkylation sites (N-methyl/N-ethyl adjacent to an activating group) is 1. The lowest BCUT2D eigenvalue weighted by Crippen LogP contribution is -2.37. The molecule has 0 saturated heterocycles. The highest BCUT2D eigenvalue weighted by atomic mass is 15.2. The maximum atomic E-state index is 5.38. The third-order valence-electron chi connectivity index (χ3n) is 2.87. The Morgan fingerprint density at radius 3 is 2.64 bits per heavy atom. The summed E-state index contributed by atoms with van der Waals surface area (Å²) in [5, 5.41) is 3.39. The van der Waals surface area contributed by atoms with E-state index in [4.69, 9.17) is 6.42 Å². The van der Waals surface area contributed by atoms with E-state index in [0.717, 1.165) is 25.6 Å². The monoisotopic (exact) mass is 194 g/mol. The quantitative estimate of drug-likeness (QED) is 0.617. The summed E-state index contributed by atoms with van der Waals surface area (Å²) >= 11 is 0. The van der Waals surface area contributed by atoms with Crippen LogP contribution in [0.25, 0.3) is 0 Å². The SMILES string of the molecule is C#CC(CC)NCCN(CC)C1CC1. The highest BCUT2D eigenvalue weighted by Gasteiger charge is 2.27. The molecule has 0 spiro atoms. The number of hydrogen-bond donors (Lipinski definition) is 1. The van der Waals surface area contributed by atoms with Gasteiger partial charge in [0.25, 0.3) is 0 Å². The molecule has 0 amide bonds. The molecular weight excluding hydrogens is 172 g/mol. The lowest BCUT2D eigenvalue weighted by Gasteiger charge is -2.20. The lowest BCUT2D eigenvalue weighted by atomic mass is 10.2. The zero-order valence-corrected chi connectivity index (χ0v) is 9.42. The fraction of sp³-hybridized carbons (Fsp3) is 0.833. The van der Waals surface area contributed by atoms with Crippen molar-refractivity contribution in [2.24, 2.45) is 0 Å².